The second kappa shape index (κ2) is 9.88. The summed E-state index contributed by atoms with van der Waals surface area (Å²) in [5, 5.41) is 3.39. The molecule has 0 radical (unpaired) electrons. The molecular formula is C26H26ClN3O2. The van der Waals surface area contributed by atoms with Crippen LogP contribution < -0.4 is 10.1 Å². The van der Waals surface area contributed by atoms with Crippen molar-refractivity contribution in [1.29, 1.82) is 0 Å². The summed E-state index contributed by atoms with van der Waals surface area (Å²) < 4.78 is 8.24. The highest BCUT2D eigenvalue weighted by Crippen LogP contribution is 2.21. The molecule has 4 aromatic rings. The Morgan fingerprint density at radius 2 is 1.84 bits per heavy atom. The number of nitrogens with one attached hydrogen (secondary N) is 1. The lowest BCUT2D eigenvalue weighted by atomic mass is 10.1. The first-order valence-electron chi connectivity index (χ1n) is 10.7. The van der Waals surface area contributed by atoms with Gasteiger partial charge in [0.25, 0.3) is 5.91 Å². The zero-order chi connectivity index (χ0) is 22.5. The number of carbonyl (C=O) groups is 1. The zero-order valence-corrected chi connectivity index (χ0v) is 19.0. The summed E-state index contributed by atoms with van der Waals surface area (Å²) in [6, 6.07) is 21.3. The number of hydrogen-bond donors (Lipinski definition) is 1. The van der Waals surface area contributed by atoms with Crippen molar-refractivity contribution in [2.75, 3.05) is 13.2 Å². The molecule has 0 saturated carbocycles. The van der Waals surface area contributed by atoms with Gasteiger partial charge in [0, 0.05) is 13.0 Å². The van der Waals surface area contributed by atoms with Crippen molar-refractivity contribution in [2.24, 2.45) is 0 Å². The zero-order valence-electron chi connectivity index (χ0n) is 18.3. The fourth-order valence-corrected chi connectivity index (χ4v) is 3.93. The van der Waals surface area contributed by atoms with Gasteiger partial charge in [-0.1, -0.05) is 48.0 Å². The highest BCUT2D eigenvalue weighted by Gasteiger charge is 2.13. The van der Waals surface area contributed by atoms with E-state index >= 15 is 0 Å². The van der Waals surface area contributed by atoms with Gasteiger partial charge < -0.3 is 14.6 Å². The Bertz CT molecular complexity index is 1250. The minimum atomic E-state index is -0.184. The number of para-hydroxylation sites is 2. The molecule has 0 atom stereocenters. The summed E-state index contributed by atoms with van der Waals surface area (Å²) in [5.74, 6) is 1.63. The van der Waals surface area contributed by atoms with Gasteiger partial charge in [-0.3, -0.25) is 4.79 Å². The molecule has 1 aromatic heterocycles. The van der Waals surface area contributed by atoms with E-state index in [0.717, 1.165) is 28.2 Å². The highest BCUT2D eigenvalue weighted by atomic mass is 35.5. The van der Waals surface area contributed by atoms with Crippen molar-refractivity contribution in [2.45, 2.75) is 26.8 Å². The fraction of sp³-hybridized carbons (Fsp3) is 0.231. The average molecular weight is 448 g/mol. The van der Waals surface area contributed by atoms with Gasteiger partial charge in [0.1, 0.15) is 18.2 Å². The van der Waals surface area contributed by atoms with Crippen molar-refractivity contribution >= 4 is 28.5 Å². The number of ether oxygens (including phenoxy) is 1. The second-order valence-corrected chi connectivity index (χ2v) is 8.18. The van der Waals surface area contributed by atoms with Crippen LogP contribution >= 0.6 is 11.6 Å². The number of nitrogens with zero attached hydrogens (tertiary/aromatic N) is 2. The number of rotatable bonds is 8. The van der Waals surface area contributed by atoms with Crippen LogP contribution in [0.2, 0.25) is 5.02 Å². The lowest BCUT2D eigenvalue weighted by molar-refractivity contribution is 0.0954. The minimum Gasteiger partial charge on any atom is -0.491 e. The van der Waals surface area contributed by atoms with E-state index in [1.165, 1.54) is 5.56 Å². The number of benzene rings is 3. The Morgan fingerprint density at radius 3 is 2.69 bits per heavy atom. The molecule has 0 bridgehead atoms. The third kappa shape index (κ3) is 4.94. The molecule has 0 aliphatic rings. The lowest BCUT2D eigenvalue weighted by Gasteiger charge is -2.13. The Balaban J connectivity index is 1.45. The number of hydrogen-bond acceptors (Lipinski definition) is 3. The molecule has 0 aliphatic carbocycles. The summed E-state index contributed by atoms with van der Waals surface area (Å²) >= 11 is 6.13. The molecule has 0 saturated heterocycles. The maximum atomic E-state index is 12.5. The van der Waals surface area contributed by atoms with Crippen molar-refractivity contribution in [3.05, 3.63) is 94.3 Å². The predicted molar refractivity (Wildman–Crippen MR) is 129 cm³/mol. The molecule has 3 aromatic carbocycles. The summed E-state index contributed by atoms with van der Waals surface area (Å²) in [4.78, 5) is 17.2. The van der Waals surface area contributed by atoms with Gasteiger partial charge in [0.2, 0.25) is 0 Å². The van der Waals surface area contributed by atoms with Gasteiger partial charge in [-0.2, -0.15) is 0 Å². The smallest absolute Gasteiger partial charge is 0.252 e. The summed E-state index contributed by atoms with van der Waals surface area (Å²) in [6.07, 6.45) is 0.606. The molecule has 0 aliphatic heterocycles. The second-order valence-electron chi connectivity index (χ2n) is 7.77. The van der Waals surface area contributed by atoms with Crippen LogP contribution in [0.1, 0.15) is 27.3 Å². The largest absolute Gasteiger partial charge is 0.491 e. The van der Waals surface area contributed by atoms with E-state index in [2.05, 4.69) is 48.0 Å². The first kappa shape index (κ1) is 21.9. The maximum Gasteiger partial charge on any atom is 0.252 e. The Labute approximate surface area is 193 Å². The standard InChI is InChI=1S/C26H26ClN3O2/c1-18-11-12-19(2)24(17-18)32-16-15-30-23-10-6-5-9-22(23)29-25(30)13-14-28-26(31)20-7-3-4-8-21(20)27/h3-12,17H,13-16H2,1-2H3,(H,28,31). The number of fused-ring (bicyclic) bond motifs is 1. The molecule has 32 heavy (non-hydrogen) atoms. The minimum absolute atomic E-state index is 0.184. The maximum absolute atomic E-state index is 12.5. The molecule has 1 amide bonds. The Kier molecular flexibility index (Phi) is 6.76. The SMILES string of the molecule is Cc1ccc(C)c(OCCn2c(CCNC(=O)c3ccccc3Cl)nc3ccccc32)c1. The van der Waals surface area contributed by atoms with Crippen molar-refractivity contribution < 1.29 is 9.53 Å². The lowest BCUT2D eigenvalue weighted by Crippen LogP contribution is -2.27. The first-order valence-corrected chi connectivity index (χ1v) is 11.1. The van der Waals surface area contributed by atoms with Gasteiger partial charge in [0.15, 0.2) is 0 Å². The van der Waals surface area contributed by atoms with E-state index in [1.54, 1.807) is 18.2 Å². The highest BCUT2D eigenvalue weighted by molar-refractivity contribution is 6.33. The number of carbonyl (C=O) groups excluding carboxylic acids is 1. The van der Waals surface area contributed by atoms with Crippen molar-refractivity contribution in [3.63, 3.8) is 0 Å². The van der Waals surface area contributed by atoms with E-state index < -0.39 is 0 Å². The molecule has 5 nitrogen and oxygen atoms in total. The monoisotopic (exact) mass is 447 g/mol. The Hall–Kier alpha value is -3.31. The molecule has 0 spiro atoms. The Morgan fingerprint density at radius 1 is 1.06 bits per heavy atom. The normalized spacial score (nSPS) is 11.0. The fourth-order valence-electron chi connectivity index (χ4n) is 3.70. The molecule has 1 N–H and O–H groups in total. The molecule has 1 heterocycles. The van der Waals surface area contributed by atoms with Crippen LogP contribution in [0, 0.1) is 13.8 Å². The topological polar surface area (TPSA) is 56.1 Å². The quantitative estimate of drug-likeness (QED) is 0.395. The third-order valence-electron chi connectivity index (χ3n) is 5.40. The van der Waals surface area contributed by atoms with Crippen LogP contribution in [-0.4, -0.2) is 28.6 Å². The molecule has 4 rings (SSSR count). The van der Waals surface area contributed by atoms with Crippen LogP contribution in [0.15, 0.2) is 66.7 Å². The van der Waals surface area contributed by atoms with Crippen LogP contribution in [0.25, 0.3) is 11.0 Å². The number of halogens is 1. The summed E-state index contributed by atoms with van der Waals surface area (Å²) in [6.45, 7) is 5.77. The van der Waals surface area contributed by atoms with Crippen LogP contribution in [0.3, 0.4) is 0 Å². The van der Waals surface area contributed by atoms with Crippen molar-refractivity contribution in [1.82, 2.24) is 14.9 Å². The number of aryl methyl sites for hydroxylation is 2. The number of aromatic nitrogens is 2. The number of imidazole rings is 1. The van der Waals surface area contributed by atoms with Gasteiger partial charge in [-0.25, -0.2) is 4.98 Å². The van der Waals surface area contributed by atoms with Crippen molar-refractivity contribution in [3.8, 4) is 5.75 Å². The molecule has 164 valence electrons. The molecule has 6 heteroatoms. The predicted octanol–water partition coefficient (Wildman–Crippen LogP) is 5.36. The van der Waals surface area contributed by atoms with Gasteiger partial charge >= 0.3 is 0 Å². The number of amides is 1. The third-order valence-corrected chi connectivity index (χ3v) is 5.73. The molecule has 0 unspecified atom stereocenters. The molecule has 0 fully saturated rings. The van der Waals surface area contributed by atoms with Crippen LogP contribution in [0.4, 0.5) is 0 Å². The first-order chi connectivity index (χ1) is 15.5. The van der Waals surface area contributed by atoms with Crippen LogP contribution in [-0.2, 0) is 13.0 Å². The van der Waals surface area contributed by atoms with E-state index in [-0.39, 0.29) is 5.91 Å². The van der Waals surface area contributed by atoms with E-state index in [1.807, 2.05) is 24.3 Å². The van der Waals surface area contributed by atoms with E-state index in [0.29, 0.717) is 36.7 Å². The average Bonchev–Trinajstić information content (AvgIpc) is 3.14. The van der Waals surface area contributed by atoms with E-state index in [9.17, 15) is 4.79 Å². The van der Waals surface area contributed by atoms with E-state index in [4.69, 9.17) is 21.3 Å². The van der Waals surface area contributed by atoms with Gasteiger partial charge in [-0.15, -0.1) is 0 Å². The summed E-state index contributed by atoms with van der Waals surface area (Å²) in [7, 11) is 0. The van der Waals surface area contributed by atoms with Gasteiger partial charge in [0.05, 0.1) is 28.2 Å². The molecular weight excluding hydrogens is 422 g/mol. The van der Waals surface area contributed by atoms with Crippen LogP contribution in [0.5, 0.6) is 5.75 Å². The van der Waals surface area contributed by atoms with Gasteiger partial charge in [-0.05, 0) is 55.3 Å². The summed E-state index contributed by atoms with van der Waals surface area (Å²) in [5.41, 5.74) is 4.77.